The zero-order valence-corrected chi connectivity index (χ0v) is 14.6. The van der Waals surface area contributed by atoms with Crippen LogP contribution in [0, 0.1) is 6.92 Å². The van der Waals surface area contributed by atoms with Gasteiger partial charge in [-0.1, -0.05) is 36.4 Å². The van der Waals surface area contributed by atoms with E-state index in [1.807, 2.05) is 19.9 Å². The van der Waals surface area contributed by atoms with E-state index in [0.717, 1.165) is 11.3 Å². The van der Waals surface area contributed by atoms with E-state index in [9.17, 15) is 4.79 Å². The Bertz CT molecular complexity index is 681. The minimum atomic E-state index is -0.299. The molecule has 1 heterocycles. The standard InChI is InChI=1S/C14H13BrClN3OS/c1-3-21-14-17-7-10(15)12(19-14)13(20)18-11-6-9(16)5-4-8(11)2/h4-7H,3H2,1-2H3,(H,18,20). The van der Waals surface area contributed by atoms with E-state index in [1.165, 1.54) is 11.8 Å². The summed E-state index contributed by atoms with van der Waals surface area (Å²) in [6.45, 7) is 3.91. The Kier molecular flexibility index (Phi) is 5.61. The zero-order chi connectivity index (χ0) is 15.4. The molecule has 1 amide bonds. The molecule has 1 aromatic heterocycles. The summed E-state index contributed by atoms with van der Waals surface area (Å²) >= 11 is 10.7. The molecule has 110 valence electrons. The van der Waals surface area contributed by atoms with Crippen molar-refractivity contribution in [2.75, 3.05) is 11.1 Å². The normalized spacial score (nSPS) is 10.5. The van der Waals surface area contributed by atoms with Gasteiger partial charge in [0.05, 0.1) is 4.47 Å². The molecule has 21 heavy (non-hydrogen) atoms. The molecular formula is C14H13BrClN3OS. The summed E-state index contributed by atoms with van der Waals surface area (Å²) in [5, 5.41) is 3.97. The fourth-order valence-electron chi connectivity index (χ4n) is 1.62. The van der Waals surface area contributed by atoms with Gasteiger partial charge in [0, 0.05) is 16.9 Å². The van der Waals surface area contributed by atoms with Gasteiger partial charge in [0.25, 0.3) is 5.91 Å². The lowest BCUT2D eigenvalue weighted by atomic mass is 10.2. The summed E-state index contributed by atoms with van der Waals surface area (Å²) in [6.07, 6.45) is 1.59. The predicted octanol–water partition coefficient (Wildman–Crippen LogP) is 4.57. The molecule has 2 aromatic rings. The number of carbonyl (C=O) groups excluding carboxylic acids is 1. The number of benzene rings is 1. The highest BCUT2D eigenvalue weighted by Gasteiger charge is 2.15. The van der Waals surface area contributed by atoms with E-state index in [2.05, 4.69) is 31.2 Å². The molecule has 4 nitrogen and oxygen atoms in total. The van der Waals surface area contributed by atoms with Crippen molar-refractivity contribution in [3.8, 4) is 0 Å². The Morgan fingerprint density at radius 3 is 2.95 bits per heavy atom. The van der Waals surface area contributed by atoms with E-state index in [1.54, 1.807) is 18.3 Å². The van der Waals surface area contributed by atoms with Gasteiger partial charge in [-0.3, -0.25) is 4.79 Å². The largest absolute Gasteiger partial charge is 0.320 e. The molecule has 0 radical (unpaired) electrons. The number of amides is 1. The molecule has 0 saturated carbocycles. The Hall–Kier alpha value is -1.11. The fourth-order valence-corrected chi connectivity index (χ4v) is 2.70. The number of nitrogens with one attached hydrogen (secondary N) is 1. The molecule has 0 atom stereocenters. The first kappa shape index (κ1) is 16.3. The van der Waals surface area contributed by atoms with Gasteiger partial charge in [-0.15, -0.1) is 0 Å². The molecule has 0 unspecified atom stereocenters. The number of anilines is 1. The van der Waals surface area contributed by atoms with Crippen LogP contribution in [0.2, 0.25) is 5.02 Å². The van der Waals surface area contributed by atoms with Gasteiger partial charge in [-0.2, -0.15) is 0 Å². The zero-order valence-electron chi connectivity index (χ0n) is 11.5. The van der Waals surface area contributed by atoms with E-state index >= 15 is 0 Å². The molecule has 7 heteroatoms. The smallest absolute Gasteiger partial charge is 0.275 e. The lowest BCUT2D eigenvalue weighted by Gasteiger charge is -2.10. The Morgan fingerprint density at radius 2 is 2.24 bits per heavy atom. The third-order valence-electron chi connectivity index (χ3n) is 2.66. The summed E-state index contributed by atoms with van der Waals surface area (Å²) in [5.41, 5.74) is 1.91. The van der Waals surface area contributed by atoms with Gasteiger partial charge in [-0.05, 0) is 46.3 Å². The van der Waals surface area contributed by atoms with Crippen LogP contribution in [0.25, 0.3) is 0 Å². The second kappa shape index (κ2) is 7.24. The van der Waals surface area contributed by atoms with E-state index < -0.39 is 0 Å². The molecule has 0 aliphatic heterocycles. The van der Waals surface area contributed by atoms with Gasteiger partial charge in [0.15, 0.2) is 5.16 Å². The Morgan fingerprint density at radius 1 is 1.48 bits per heavy atom. The predicted molar refractivity (Wildman–Crippen MR) is 90.3 cm³/mol. The van der Waals surface area contributed by atoms with Gasteiger partial charge in [0.2, 0.25) is 0 Å². The highest BCUT2D eigenvalue weighted by molar-refractivity contribution is 9.10. The van der Waals surface area contributed by atoms with Gasteiger partial charge in [-0.25, -0.2) is 9.97 Å². The highest BCUT2D eigenvalue weighted by atomic mass is 79.9. The van der Waals surface area contributed by atoms with Gasteiger partial charge in [0.1, 0.15) is 5.69 Å². The lowest BCUT2D eigenvalue weighted by molar-refractivity contribution is 0.102. The van der Waals surface area contributed by atoms with Crippen LogP contribution in [0.4, 0.5) is 5.69 Å². The summed E-state index contributed by atoms with van der Waals surface area (Å²) in [7, 11) is 0. The minimum Gasteiger partial charge on any atom is -0.320 e. The van der Waals surface area contributed by atoms with Crippen molar-refractivity contribution in [1.82, 2.24) is 9.97 Å². The van der Waals surface area contributed by atoms with Crippen LogP contribution in [-0.4, -0.2) is 21.6 Å². The summed E-state index contributed by atoms with van der Waals surface area (Å²) in [4.78, 5) is 20.8. The number of thioether (sulfide) groups is 1. The molecular weight excluding hydrogens is 374 g/mol. The number of aromatic nitrogens is 2. The van der Waals surface area contributed by atoms with Gasteiger partial charge >= 0.3 is 0 Å². The maximum absolute atomic E-state index is 12.4. The van der Waals surface area contributed by atoms with E-state index in [4.69, 9.17) is 11.6 Å². The second-order valence-electron chi connectivity index (χ2n) is 4.20. The molecule has 1 N–H and O–H groups in total. The molecule has 0 aliphatic carbocycles. The maximum Gasteiger partial charge on any atom is 0.275 e. The molecule has 2 rings (SSSR count). The average Bonchev–Trinajstić information content (AvgIpc) is 2.45. The average molecular weight is 387 g/mol. The molecule has 0 aliphatic rings. The SMILES string of the molecule is CCSc1ncc(Br)c(C(=O)Nc2cc(Cl)ccc2C)n1. The number of hydrogen-bond acceptors (Lipinski definition) is 4. The van der Waals surface area contributed by atoms with Crippen LogP contribution in [0.1, 0.15) is 23.0 Å². The highest BCUT2D eigenvalue weighted by Crippen LogP contribution is 2.23. The van der Waals surface area contributed by atoms with Gasteiger partial charge < -0.3 is 5.32 Å². The van der Waals surface area contributed by atoms with Crippen molar-refractivity contribution in [1.29, 1.82) is 0 Å². The molecule has 0 spiro atoms. The first-order valence-corrected chi connectivity index (χ1v) is 8.39. The minimum absolute atomic E-state index is 0.299. The molecule has 1 aromatic carbocycles. The van der Waals surface area contributed by atoms with Crippen molar-refractivity contribution in [2.24, 2.45) is 0 Å². The van der Waals surface area contributed by atoms with Crippen molar-refractivity contribution in [3.63, 3.8) is 0 Å². The molecule has 0 bridgehead atoms. The monoisotopic (exact) mass is 385 g/mol. The number of hydrogen-bond donors (Lipinski definition) is 1. The third kappa shape index (κ3) is 4.18. The summed E-state index contributed by atoms with van der Waals surface area (Å²) in [5.74, 6) is 0.545. The molecule has 0 saturated heterocycles. The van der Waals surface area contributed by atoms with Crippen LogP contribution in [0.15, 0.2) is 34.0 Å². The number of carbonyl (C=O) groups is 1. The van der Waals surface area contributed by atoms with E-state index in [-0.39, 0.29) is 5.91 Å². The number of halogens is 2. The first-order valence-electron chi connectivity index (χ1n) is 6.24. The summed E-state index contributed by atoms with van der Waals surface area (Å²) < 4.78 is 0.556. The Labute approximate surface area is 140 Å². The summed E-state index contributed by atoms with van der Waals surface area (Å²) in [6, 6.07) is 5.35. The van der Waals surface area contributed by atoms with Crippen LogP contribution in [-0.2, 0) is 0 Å². The second-order valence-corrected chi connectivity index (χ2v) is 6.72. The van der Waals surface area contributed by atoms with Crippen molar-refractivity contribution in [3.05, 3.63) is 45.1 Å². The van der Waals surface area contributed by atoms with Crippen LogP contribution < -0.4 is 5.32 Å². The Balaban J connectivity index is 2.27. The fraction of sp³-hybridized carbons (Fsp3) is 0.214. The van der Waals surface area contributed by atoms with E-state index in [0.29, 0.717) is 26.0 Å². The van der Waals surface area contributed by atoms with Crippen molar-refractivity contribution in [2.45, 2.75) is 19.0 Å². The van der Waals surface area contributed by atoms with Crippen molar-refractivity contribution < 1.29 is 4.79 Å². The van der Waals surface area contributed by atoms with Crippen LogP contribution in [0.5, 0.6) is 0 Å². The number of aryl methyl sites for hydroxylation is 1. The molecule has 0 fully saturated rings. The maximum atomic E-state index is 12.4. The third-order valence-corrected chi connectivity index (χ3v) is 4.22. The topological polar surface area (TPSA) is 54.9 Å². The van der Waals surface area contributed by atoms with Crippen molar-refractivity contribution >= 4 is 50.9 Å². The quantitative estimate of drug-likeness (QED) is 0.618. The number of rotatable bonds is 4. The van der Waals surface area contributed by atoms with Crippen LogP contribution >= 0.6 is 39.3 Å². The van der Waals surface area contributed by atoms with Crippen LogP contribution in [0.3, 0.4) is 0 Å². The lowest BCUT2D eigenvalue weighted by Crippen LogP contribution is -2.16. The number of nitrogens with zero attached hydrogens (tertiary/aromatic N) is 2. The first-order chi connectivity index (χ1) is 10.0.